The third-order valence-electron chi connectivity index (χ3n) is 5.54. The monoisotopic (exact) mass is 409 g/mol. The molecule has 1 amide bonds. The number of hydrogen-bond acceptors (Lipinski definition) is 4. The number of carbonyl (C=O) groups is 1. The number of benzene rings is 2. The van der Waals surface area contributed by atoms with Gasteiger partial charge >= 0.3 is 0 Å². The molecule has 1 N–H and O–H groups in total. The molecule has 2 aromatic carbocycles. The molecule has 1 aromatic heterocycles. The Morgan fingerprint density at radius 3 is 2.86 bits per heavy atom. The standard InChI is InChI=1S/C22H23N3O3S/c1-3-24-21(27)17-10-9-15(13-18(17)23-22(24)29)20(26)25-11-5-8-19(25)14-6-4-7-16(12-14)28-2/h4,6-7,9-10,12-13,19H,3,5,8,11H2,1-2H3,(H,23,29). The molecule has 6 nitrogen and oxygen atoms in total. The van der Waals surface area contributed by atoms with E-state index in [1.165, 1.54) is 4.57 Å². The van der Waals surface area contributed by atoms with Crippen LogP contribution in [-0.2, 0) is 6.54 Å². The number of nitrogens with one attached hydrogen (secondary N) is 1. The van der Waals surface area contributed by atoms with E-state index in [0.717, 1.165) is 24.2 Å². The molecular weight excluding hydrogens is 386 g/mol. The summed E-state index contributed by atoms with van der Waals surface area (Å²) in [5, 5.41) is 0.530. The van der Waals surface area contributed by atoms with E-state index in [9.17, 15) is 9.59 Å². The van der Waals surface area contributed by atoms with Gasteiger partial charge in [0.05, 0.1) is 24.1 Å². The fourth-order valence-electron chi connectivity index (χ4n) is 4.05. The van der Waals surface area contributed by atoms with Gasteiger partial charge in [0.2, 0.25) is 0 Å². The molecule has 1 aliphatic heterocycles. The molecule has 1 aliphatic rings. The van der Waals surface area contributed by atoms with Crippen LogP contribution < -0.4 is 10.3 Å². The Hall–Kier alpha value is -2.93. The van der Waals surface area contributed by atoms with Crippen molar-refractivity contribution in [1.29, 1.82) is 0 Å². The van der Waals surface area contributed by atoms with Crippen LogP contribution in [0.2, 0.25) is 0 Å². The molecule has 0 saturated carbocycles. The third kappa shape index (κ3) is 3.46. The zero-order valence-electron chi connectivity index (χ0n) is 16.5. The van der Waals surface area contributed by atoms with Crippen molar-refractivity contribution in [3.05, 3.63) is 68.7 Å². The highest BCUT2D eigenvalue weighted by molar-refractivity contribution is 7.71. The minimum atomic E-state index is -0.138. The van der Waals surface area contributed by atoms with Crippen LogP contribution in [0.3, 0.4) is 0 Å². The van der Waals surface area contributed by atoms with Crippen LogP contribution in [-0.4, -0.2) is 34.0 Å². The number of amides is 1. The van der Waals surface area contributed by atoms with E-state index in [1.807, 2.05) is 36.1 Å². The van der Waals surface area contributed by atoms with Gasteiger partial charge in [0.15, 0.2) is 4.77 Å². The molecule has 150 valence electrons. The zero-order chi connectivity index (χ0) is 20.5. The summed E-state index contributed by atoms with van der Waals surface area (Å²) in [5.41, 5.74) is 2.07. The summed E-state index contributed by atoms with van der Waals surface area (Å²) in [6, 6.07) is 13.0. The van der Waals surface area contributed by atoms with Gasteiger partial charge in [0.25, 0.3) is 11.5 Å². The predicted octanol–water partition coefficient (Wildman–Crippen LogP) is 4.06. The molecule has 0 aliphatic carbocycles. The van der Waals surface area contributed by atoms with E-state index >= 15 is 0 Å². The lowest BCUT2D eigenvalue weighted by Gasteiger charge is -2.25. The van der Waals surface area contributed by atoms with Crippen LogP contribution >= 0.6 is 12.2 Å². The number of nitrogens with zero attached hydrogens (tertiary/aromatic N) is 2. The fourth-order valence-corrected chi connectivity index (χ4v) is 4.37. The van der Waals surface area contributed by atoms with Gasteiger partial charge in [0.1, 0.15) is 5.75 Å². The SMILES string of the molecule is CCn1c(=S)[nH]c2cc(C(=O)N3CCCC3c3cccc(OC)c3)ccc2c1=O. The van der Waals surface area contributed by atoms with Crippen LogP contribution in [0, 0.1) is 4.77 Å². The van der Waals surface area contributed by atoms with E-state index in [0.29, 0.717) is 34.3 Å². The van der Waals surface area contributed by atoms with Gasteiger partial charge in [-0.3, -0.25) is 14.2 Å². The van der Waals surface area contributed by atoms with Gasteiger partial charge in [-0.2, -0.15) is 0 Å². The second-order valence-electron chi connectivity index (χ2n) is 7.17. The lowest BCUT2D eigenvalue weighted by atomic mass is 10.0. The number of fused-ring (bicyclic) bond motifs is 1. The van der Waals surface area contributed by atoms with Crippen molar-refractivity contribution in [3.8, 4) is 5.75 Å². The quantitative estimate of drug-likeness (QED) is 0.660. The highest BCUT2D eigenvalue weighted by Crippen LogP contribution is 2.34. The summed E-state index contributed by atoms with van der Waals surface area (Å²) in [6.07, 6.45) is 1.86. The van der Waals surface area contributed by atoms with Crippen molar-refractivity contribution in [3.63, 3.8) is 0 Å². The van der Waals surface area contributed by atoms with Crippen LogP contribution in [0.4, 0.5) is 0 Å². The lowest BCUT2D eigenvalue weighted by Crippen LogP contribution is -2.30. The number of aromatic amines is 1. The summed E-state index contributed by atoms with van der Waals surface area (Å²) >= 11 is 5.29. The van der Waals surface area contributed by atoms with Gasteiger partial charge in [-0.25, -0.2) is 0 Å². The van der Waals surface area contributed by atoms with Gasteiger partial charge in [-0.05, 0) is 67.9 Å². The Morgan fingerprint density at radius 2 is 2.10 bits per heavy atom. The first-order valence-corrected chi connectivity index (χ1v) is 10.2. The number of methoxy groups -OCH3 is 1. The first-order valence-electron chi connectivity index (χ1n) is 9.75. The third-order valence-corrected chi connectivity index (χ3v) is 5.86. The van der Waals surface area contributed by atoms with Crippen molar-refractivity contribution >= 4 is 29.0 Å². The molecule has 1 fully saturated rings. The second-order valence-corrected chi connectivity index (χ2v) is 7.56. The molecule has 0 radical (unpaired) electrons. The van der Waals surface area contributed by atoms with Crippen LogP contribution in [0.5, 0.6) is 5.75 Å². The molecule has 2 heterocycles. The van der Waals surface area contributed by atoms with Crippen molar-refractivity contribution in [2.75, 3.05) is 13.7 Å². The summed E-state index contributed by atoms with van der Waals surface area (Å²) in [6.45, 7) is 3.08. The average molecular weight is 410 g/mol. The normalized spacial score (nSPS) is 16.3. The minimum Gasteiger partial charge on any atom is -0.497 e. The number of aromatic nitrogens is 2. The molecular formula is C22H23N3O3S. The van der Waals surface area contributed by atoms with E-state index in [4.69, 9.17) is 17.0 Å². The molecule has 1 unspecified atom stereocenters. The number of rotatable bonds is 4. The van der Waals surface area contributed by atoms with E-state index in [-0.39, 0.29) is 17.5 Å². The first-order chi connectivity index (χ1) is 14.0. The Kier molecular flexibility index (Phi) is 5.24. The number of carbonyl (C=O) groups excluding carboxylic acids is 1. The minimum absolute atomic E-state index is 0.0138. The topological polar surface area (TPSA) is 67.3 Å². The van der Waals surface area contributed by atoms with E-state index < -0.39 is 0 Å². The van der Waals surface area contributed by atoms with E-state index in [2.05, 4.69) is 4.98 Å². The molecule has 29 heavy (non-hydrogen) atoms. The number of likely N-dealkylation sites (tertiary alicyclic amines) is 1. The largest absolute Gasteiger partial charge is 0.497 e. The van der Waals surface area contributed by atoms with Crippen molar-refractivity contribution in [1.82, 2.24) is 14.5 Å². The number of H-pyrrole nitrogens is 1. The maximum absolute atomic E-state index is 13.3. The Balaban J connectivity index is 1.70. The fraction of sp³-hybridized carbons (Fsp3) is 0.318. The van der Waals surface area contributed by atoms with Crippen LogP contribution in [0.1, 0.15) is 41.7 Å². The van der Waals surface area contributed by atoms with Crippen molar-refractivity contribution in [2.24, 2.45) is 0 Å². The highest BCUT2D eigenvalue weighted by Gasteiger charge is 2.31. The molecule has 1 atom stereocenters. The highest BCUT2D eigenvalue weighted by atomic mass is 32.1. The molecule has 7 heteroatoms. The van der Waals surface area contributed by atoms with Gasteiger partial charge in [-0.15, -0.1) is 0 Å². The summed E-state index contributed by atoms with van der Waals surface area (Å²) < 4.78 is 7.21. The predicted molar refractivity (Wildman–Crippen MR) is 115 cm³/mol. The lowest BCUT2D eigenvalue weighted by molar-refractivity contribution is 0.0735. The second kappa shape index (κ2) is 7.83. The summed E-state index contributed by atoms with van der Waals surface area (Å²) in [7, 11) is 1.64. The Morgan fingerprint density at radius 1 is 1.28 bits per heavy atom. The Labute approximate surface area is 173 Å². The molecule has 3 aromatic rings. The average Bonchev–Trinajstić information content (AvgIpc) is 3.23. The molecule has 0 spiro atoms. The smallest absolute Gasteiger partial charge is 0.262 e. The molecule has 4 rings (SSSR count). The molecule has 1 saturated heterocycles. The van der Waals surface area contributed by atoms with Crippen molar-refractivity contribution < 1.29 is 9.53 Å². The van der Waals surface area contributed by atoms with Crippen molar-refractivity contribution in [2.45, 2.75) is 32.4 Å². The van der Waals surface area contributed by atoms with E-state index in [1.54, 1.807) is 25.3 Å². The first kappa shape index (κ1) is 19.4. The summed E-state index contributed by atoms with van der Waals surface area (Å²) in [5.74, 6) is 0.739. The maximum Gasteiger partial charge on any atom is 0.262 e. The maximum atomic E-state index is 13.3. The van der Waals surface area contributed by atoms with Gasteiger partial charge < -0.3 is 14.6 Å². The van der Waals surface area contributed by atoms with Crippen LogP contribution in [0.15, 0.2) is 47.3 Å². The number of hydrogen-bond donors (Lipinski definition) is 1. The number of ether oxygens (including phenoxy) is 1. The zero-order valence-corrected chi connectivity index (χ0v) is 17.3. The van der Waals surface area contributed by atoms with Gasteiger partial charge in [0, 0.05) is 18.7 Å². The van der Waals surface area contributed by atoms with Gasteiger partial charge in [-0.1, -0.05) is 12.1 Å². The summed E-state index contributed by atoms with van der Waals surface area (Å²) in [4.78, 5) is 30.9. The van der Waals surface area contributed by atoms with Crippen LogP contribution in [0.25, 0.3) is 10.9 Å². The Bertz CT molecular complexity index is 1200. The molecule has 0 bridgehead atoms.